The van der Waals surface area contributed by atoms with Gasteiger partial charge < -0.3 is 9.47 Å². The fourth-order valence-corrected chi connectivity index (χ4v) is 0.177. The van der Waals surface area contributed by atoms with Crippen molar-refractivity contribution in [2.45, 2.75) is 6.92 Å². The summed E-state index contributed by atoms with van der Waals surface area (Å²) in [6, 6.07) is 0. The molecule has 13 heavy (non-hydrogen) atoms. The maximum Gasteiger partial charge on any atom is 0.507 e. The van der Waals surface area contributed by atoms with E-state index in [0.717, 1.165) is 0 Å². The summed E-state index contributed by atoms with van der Waals surface area (Å²) in [4.78, 5) is 9.97. The molecule has 0 rings (SSSR count). The summed E-state index contributed by atoms with van der Waals surface area (Å²) in [5, 5.41) is 0. The van der Waals surface area contributed by atoms with E-state index in [4.69, 9.17) is 0 Å². The molecule has 0 aliphatic carbocycles. The number of hydrogen-bond donors (Lipinski definition) is 0. The van der Waals surface area contributed by atoms with E-state index < -0.39 is 6.16 Å². The Morgan fingerprint density at radius 2 is 1.38 bits per heavy atom. The van der Waals surface area contributed by atoms with Crippen molar-refractivity contribution in [1.29, 1.82) is 0 Å². The van der Waals surface area contributed by atoms with Crippen molar-refractivity contribution in [2.75, 3.05) is 13.7 Å². The molecule has 0 fully saturated rings. The first kappa shape index (κ1) is 55.6. The van der Waals surface area contributed by atoms with Gasteiger partial charge in [0.05, 0.1) is 13.7 Å². The summed E-state index contributed by atoms with van der Waals surface area (Å²) in [6.45, 7) is 2.09. The minimum Gasteiger partial charge on any atom is -0.438 e. The Morgan fingerprint density at radius 1 is 1.08 bits per heavy atom. The first-order valence-electron chi connectivity index (χ1n) is 2.02. The van der Waals surface area contributed by atoms with E-state index in [9.17, 15) is 4.79 Å². The van der Waals surface area contributed by atoms with Gasteiger partial charge in [-0.05, 0) is 6.92 Å². The lowest BCUT2D eigenvalue weighted by Gasteiger charge is -1.94. The second-order valence-electron chi connectivity index (χ2n) is 0.887. The molecule has 3 nitrogen and oxygen atoms in total. The highest BCUT2D eigenvalue weighted by molar-refractivity contribution is 6.92. The van der Waals surface area contributed by atoms with Crippen LogP contribution in [0.15, 0.2) is 0 Å². The van der Waals surface area contributed by atoms with Crippen molar-refractivity contribution in [3.63, 3.8) is 0 Å². The predicted molar refractivity (Wildman–Crippen MR) is 47.7 cm³/mol. The van der Waals surface area contributed by atoms with Crippen LogP contribution in [0.2, 0.25) is 0 Å². The summed E-state index contributed by atoms with van der Waals surface area (Å²) >= 11 is 0. The highest BCUT2D eigenvalue weighted by atomic mass is 31.0. The molecule has 0 saturated carbocycles. The minimum atomic E-state index is -0.623. The first-order valence-corrected chi connectivity index (χ1v) is 2.02. The van der Waals surface area contributed by atoms with Crippen molar-refractivity contribution < 1.29 is 37.8 Å². The zero-order valence-corrected chi connectivity index (χ0v) is 8.59. The van der Waals surface area contributed by atoms with Crippen LogP contribution >= 0.6 is 9.90 Å². The van der Waals surface area contributed by atoms with Crippen LogP contribution in [-0.2, 0) is 9.47 Å². The Hall–Kier alpha value is -0.650. The Morgan fingerprint density at radius 3 is 1.46 bits per heavy atom. The molecular weight excluding hydrogens is 222 g/mol. The second kappa shape index (κ2) is 42.5. The van der Waals surface area contributed by atoms with E-state index in [-0.39, 0.29) is 33.4 Å². The predicted octanol–water partition coefficient (Wildman–Crippen LogP) is 1.61. The normalized spacial score (nSPS) is 4.15. The molecule has 0 aliphatic heterocycles. The van der Waals surface area contributed by atoms with Gasteiger partial charge in [-0.25, -0.2) is 4.79 Å². The Kier molecular flexibility index (Phi) is 182. The fraction of sp³-hybridized carbons (Fsp3) is 0.750. The average molecular weight is 238 g/mol. The van der Waals surface area contributed by atoms with Crippen molar-refractivity contribution in [3.8, 4) is 0 Å². The Balaban J connectivity index is -0.0000000120. The molecule has 0 saturated heterocycles. The topological polar surface area (TPSA) is 35.5 Å². The second-order valence-corrected chi connectivity index (χ2v) is 0.887. The van der Waals surface area contributed by atoms with Crippen molar-refractivity contribution >= 4 is 16.1 Å². The number of methoxy groups -OCH3 is 1. The quantitative estimate of drug-likeness (QED) is 0.395. The minimum absolute atomic E-state index is 0. The van der Waals surface area contributed by atoms with Crippen LogP contribution in [0.4, 0.5) is 28.3 Å². The van der Waals surface area contributed by atoms with Gasteiger partial charge in [0.15, 0.2) is 0 Å². The number of ether oxygens (including phenoxy) is 2. The molecule has 0 aromatic rings. The lowest BCUT2D eigenvalue weighted by molar-refractivity contribution is 0.0771. The van der Waals surface area contributed by atoms with Gasteiger partial charge in [0, 0.05) is 0 Å². The van der Waals surface area contributed by atoms with E-state index in [2.05, 4.69) is 9.47 Å². The standard InChI is InChI=1S/C4H8O3.5FH.H3P/c1-3-7-4(5)6-2;;;;;;/h3H2,1-2H3;5*1H;1H3. The SMILES string of the molecule is CCOC(=O)OC.F.F.F.F.F.P. The smallest absolute Gasteiger partial charge is 0.438 e. The molecule has 0 radical (unpaired) electrons. The molecule has 0 aromatic carbocycles. The zero-order valence-electron chi connectivity index (χ0n) is 7.18. The van der Waals surface area contributed by atoms with Crippen LogP contribution in [0.3, 0.4) is 0 Å². The Labute approximate surface area is 75.6 Å². The number of halogens is 5. The molecular formula is C4H16F5O3P. The van der Waals surface area contributed by atoms with Crippen LogP contribution in [0.25, 0.3) is 0 Å². The van der Waals surface area contributed by atoms with Crippen LogP contribution in [0, 0.1) is 0 Å². The Bertz CT molecular complexity index is 76.8. The highest BCUT2D eigenvalue weighted by Gasteiger charge is 1.92. The first-order chi connectivity index (χ1) is 3.31. The van der Waals surface area contributed by atoms with Gasteiger partial charge in [-0.3, -0.25) is 23.5 Å². The molecule has 0 heterocycles. The molecule has 90 valence electrons. The molecule has 1 unspecified atom stereocenters. The summed E-state index contributed by atoms with van der Waals surface area (Å²) in [5.41, 5.74) is 0. The van der Waals surface area contributed by atoms with Gasteiger partial charge in [0.2, 0.25) is 0 Å². The monoisotopic (exact) mass is 238 g/mol. The summed E-state index contributed by atoms with van der Waals surface area (Å²) in [7, 11) is 1.28. The van der Waals surface area contributed by atoms with Crippen molar-refractivity contribution in [2.24, 2.45) is 0 Å². The molecule has 0 bridgehead atoms. The third-order valence-corrected chi connectivity index (χ3v) is 0.429. The largest absolute Gasteiger partial charge is 0.507 e. The van der Waals surface area contributed by atoms with Gasteiger partial charge in [-0.15, -0.1) is 0 Å². The van der Waals surface area contributed by atoms with E-state index in [1.165, 1.54) is 7.11 Å². The van der Waals surface area contributed by atoms with E-state index >= 15 is 0 Å². The number of carbonyl (C=O) groups is 1. The van der Waals surface area contributed by atoms with E-state index in [1.54, 1.807) is 6.92 Å². The summed E-state index contributed by atoms with van der Waals surface area (Å²) < 4.78 is 8.46. The van der Waals surface area contributed by atoms with E-state index in [1.807, 2.05) is 0 Å². The van der Waals surface area contributed by atoms with Gasteiger partial charge in [0.1, 0.15) is 0 Å². The molecule has 1 atom stereocenters. The maximum absolute atomic E-state index is 9.97. The number of hydrogen-bond acceptors (Lipinski definition) is 3. The van der Waals surface area contributed by atoms with Crippen LogP contribution in [0.5, 0.6) is 0 Å². The van der Waals surface area contributed by atoms with Gasteiger partial charge in [-0.1, -0.05) is 0 Å². The molecule has 0 aliphatic rings. The zero-order chi connectivity index (χ0) is 5.70. The lowest BCUT2D eigenvalue weighted by atomic mass is 10.9. The number of carbonyl (C=O) groups excluding carboxylic acids is 1. The number of rotatable bonds is 1. The molecule has 0 aromatic heterocycles. The lowest BCUT2D eigenvalue weighted by Crippen LogP contribution is -2.02. The van der Waals surface area contributed by atoms with Crippen molar-refractivity contribution in [1.82, 2.24) is 0 Å². The summed E-state index contributed by atoms with van der Waals surface area (Å²) in [6.07, 6.45) is -0.623. The molecule has 9 heteroatoms. The molecule has 0 spiro atoms. The van der Waals surface area contributed by atoms with E-state index in [0.29, 0.717) is 6.61 Å². The molecule has 0 amide bonds. The van der Waals surface area contributed by atoms with Gasteiger partial charge in [0.25, 0.3) is 0 Å². The average Bonchev–Trinajstić information content (AvgIpc) is 1.68. The van der Waals surface area contributed by atoms with Crippen LogP contribution < -0.4 is 0 Å². The molecule has 0 N–H and O–H groups in total. The third kappa shape index (κ3) is 52.4. The summed E-state index contributed by atoms with van der Waals surface area (Å²) in [5.74, 6) is 0. The maximum atomic E-state index is 9.97. The van der Waals surface area contributed by atoms with Gasteiger partial charge in [-0.2, -0.15) is 9.90 Å². The van der Waals surface area contributed by atoms with Crippen LogP contribution in [0.1, 0.15) is 6.92 Å². The van der Waals surface area contributed by atoms with Crippen molar-refractivity contribution in [3.05, 3.63) is 0 Å². The van der Waals surface area contributed by atoms with Crippen LogP contribution in [-0.4, -0.2) is 19.9 Å². The fourth-order valence-electron chi connectivity index (χ4n) is 0.177. The third-order valence-electron chi connectivity index (χ3n) is 0.429. The van der Waals surface area contributed by atoms with Gasteiger partial charge >= 0.3 is 6.16 Å². The highest BCUT2D eigenvalue weighted by Crippen LogP contribution is 1.77.